The summed E-state index contributed by atoms with van der Waals surface area (Å²) in [6.45, 7) is 3.72. The van der Waals surface area contributed by atoms with Gasteiger partial charge in [0.1, 0.15) is 4.21 Å². The van der Waals surface area contributed by atoms with Crippen molar-refractivity contribution in [2.75, 3.05) is 31.5 Å². The van der Waals surface area contributed by atoms with Gasteiger partial charge in [-0.3, -0.25) is 9.79 Å². The molecule has 1 aliphatic rings. The number of benzene rings is 1. The molecule has 3 rings (SSSR count). The largest absolute Gasteiger partial charge is 0.357 e. The highest BCUT2D eigenvalue weighted by Crippen LogP contribution is 2.31. The van der Waals surface area contributed by atoms with Crippen LogP contribution in [0.3, 0.4) is 0 Å². The van der Waals surface area contributed by atoms with Crippen LogP contribution in [0.5, 0.6) is 0 Å². The lowest BCUT2D eigenvalue weighted by Gasteiger charge is -2.24. The standard InChI is InChI=1S/C19H25N5O3S2.HI/c1-2-20-19(21-9-10-23-29(26,27)18-8-5-11-28-18)22-13-14-12-17(25)24-16-7-4-3-6-15(14)16;/h3-8,11,14,23H,2,9-10,12-13H2,1H3,(H,24,25)(H2,20,21,22);1H. The molecule has 1 aromatic heterocycles. The van der Waals surface area contributed by atoms with Gasteiger partial charge < -0.3 is 16.0 Å². The Morgan fingerprint density at radius 2 is 2.00 bits per heavy atom. The molecule has 1 aromatic carbocycles. The Hall–Kier alpha value is -1.70. The normalized spacial score (nSPS) is 16.2. The second-order valence-electron chi connectivity index (χ2n) is 6.51. The minimum Gasteiger partial charge on any atom is -0.357 e. The number of halogens is 1. The third-order valence-corrected chi connectivity index (χ3v) is 7.25. The Bertz CT molecular complexity index is 964. The van der Waals surface area contributed by atoms with E-state index in [-0.39, 0.29) is 42.3 Å². The number of nitrogens with one attached hydrogen (secondary N) is 4. The smallest absolute Gasteiger partial charge is 0.250 e. The molecule has 11 heteroatoms. The number of thiophene rings is 1. The van der Waals surface area contributed by atoms with Crippen molar-refractivity contribution >= 4 is 62.9 Å². The predicted octanol–water partition coefficient (Wildman–Crippen LogP) is 2.33. The van der Waals surface area contributed by atoms with Gasteiger partial charge >= 0.3 is 0 Å². The first-order valence-electron chi connectivity index (χ1n) is 9.43. The molecule has 8 nitrogen and oxygen atoms in total. The maximum atomic E-state index is 12.1. The van der Waals surface area contributed by atoms with Crippen LogP contribution in [-0.4, -0.2) is 46.5 Å². The van der Waals surface area contributed by atoms with E-state index in [9.17, 15) is 13.2 Å². The van der Waals surface area contributed by atoms with Gasteiger partial charge in [-0.1, -0.05) is 24.3 Å². The van der Waals surface area contributed by atoms with Crippen LogP contribution < -0.4 is 20.7 Å². The number of carbonyl (C=O) groups excluding carboxylic acids is 1. The molecule has 164 valence electrons. The summed E-state index contributed by atoms with van der Waals surface area (Å²) in [6.07, 6.45) is 0.389. The van der Waals surface area contributed by atoms with Gasteiger partial charge in [0.2, 0.25) is 15.9 Å². The van der Waals surface area contributed by atoms with Crippen molar-refractivity contribution in [1.82, 2.24) is 15.4 Å². The zero-order valence-corrected chi connectivity index (χ0v) is 20.5. The Kier molecular flexibility index (Phi) is 9.52. The number of nitrogens with zero attached hydrogens (tertiary/aromatic N) is 1. The Balaban J connectivity index is 0.00000320. The fraction of sp³-hybridized carbons (Fsp3) is 0.368. The average molecular weight is 563 g/mol. The lowest BCUT2D eigenvalue weighted by atomic mass is 9.91. The monoisotopic (exact) mass is 563 g/mol. The molecule has 4 N–H and O–H groups in total. The summed E-state index contributed by atoms with van der Waals surface area (Å²) in [7, 11) is -3.47. The van der Waals surface area contributed by atoms with E-state index < -0.39 is 10.0 Å². The van der Waals surface area contributed by atoms with Gasteiger partial charge in [0.15, 0.2) is 5.96 Å². The molecule has 2 aromatic rings. The Morgan fingerprint density at radius 3 is 2.73 bits per heavy atom. The first-order valence-corrected chi connectivity index (χ1v) is 11.8. The average Bonchev–Trinajstić information content (AvgIpc) is 3.25. The number of amides is 1. The van der Waals surface area contributed by atoms with Gasteiger partial charge in [0, 0.05) is 37.7 Å². The van der Waals surface area contributed by atoms with Crippen LogP contribution >= 0.6 is 35.3 Å². The first-order chi connectivity index (χ1) is 14.0. The number of hydrogen-bond donors (Lipinski definition) is 4. The van der Waals surface area contributed by atoms with Crippen molar-refractivity contribution in [3.05, 3.63) is 47.3 Å². The molecule has 0 radical (unpaired) electrons. The number of rotatable bonds is 8. The number of fused-ring (bicyclic) bond motifs is 1. The third-order valence-electron chi connectivity index (χ3n) is 4.39. The van der Waals surface area contributed by atoms with E-state index in [1.165, 1.54) is 11.3 Å². The molecular formula is C19H26IN5O3S2. The second-order valence-corrected chi connectivity index (χ2v) is 9.45. The van der Waals surface area contributed by atoms with E-state index in [1.54, 1.807) is 17.5 Å². The third kappa shape index (κ3) is 6.65. The van der Waals surface area contributed by atoms with Gasteiger partial charge in [-0.25, -0.2) is 13.1 Å². The molecule has 1 amide bonds. The van der Waals surface area contributed by atoms with E-state index in [0.29, 0.717) is 36.2 Å². The molecule has 0 bridgehead atoms. The number of sulfonamides is 1. The van der Waals surface area contributed by atoms with E-state index in [4.69, 9.17) is 0 Å². The van der Waals surface area contributed by atoms with E-state index in [0.717, 1.165) is 11.3 Å². The van der Waals surface area contributed by atoms with Crippen molar-refractivity contribution in [2.45, 2.75) is 23.5 Å². The minimum atomic E-state index is -3.47. The molecule has 1 unspecified atom stereocenters. The zero-order valence-electron chi connectivity index (χ0n) is 16.6. The predicted molar refractivity (Wildman–Crippen MR) is 131 cm³/mol. The van der Waals surface area contributed by atoms with Gasteiger partial charge in [0.05, 0.1) is 6.54 Å². The van der Waals surface area contributed by atoms with E-state index in [2.05, 4.69) is 25.7 Å². The fourth-order valence-electron chi connectivity index (χ4n) is 3.06. The number of anilines is 1. The summed E-state index contributed by atoms with van der Waals surface area (Å²) < 4.78 is 27.1. The van der Waals surface area contributed by atoms with E-state index >= 15 is 0 Å². The van der Waals surface area contributed by atoms with Crippen LogP contribution in [0, 0.1) is 0 Å². The van der Waals surface area contributed by atoms with E-state index in [1.807, 2.05) is 31.2 Å². The number of hydrogen-bond acceptors (Lipinski definition) is 5. The number of aliphatic imine (C=N–C) groups is 1. The van der Waals surface area contributed by atoms with Crippen molar-refractivity contribution < 1.29 is 13.2 Å². The lowest BCUT2D eigenvalue weighted by molar-refractivity contribution is -0.116. The number of guanidine groups is 1. The zero-order chi connectivity index (χ0) is 20.7. The highest BCUT2D eigenvalue weighted by Gasteiger charge is 2.24. The summed E-state index contributed by atoms with van der Waals surface area (Å²) in [5.74, 6) is 0.587. The fourth-order valence-corrected chi connectivity index (χ4v) is 5.13. The quantitative estimate of drug-likeness (QED) is 0.171. The van der Waals surface area contributed by atoms with Crippen molar-refractivity contribution in [3.63, 3.8) is 0 Å². The Morgan fingerprint density at radius 1 is 1.20 bits per heavy atom. The van der Waals surface area contributed by atoms with Gasteiger partial charge in [-0.15, -0.1) is 35.3 Å². The van der Waals surface area contributed by atoms with Crippen LogP contribution in [0.4, 0.5) is 5.69 Å². The minimum absolute atomic E-state index is 0. The van der Waals surface area contributed by atoms with Gasteiger partial charge in [0.25, 0.3) is 0 Å². The summed E-state index contributed by atoms with van der Waals surface area (Å²) in [5, 5.41) is 10.9. The Labute approximate surface area is 198 Å². The number of carbonyl (C=O) groups is 1. The van der Waals surface area contributed by atoms with Gasteiger partial charge in [-0.05, 0) is 30.0 Å². The van der Waals surface area contributed by atoms with Crippen LogP contribution in [0.25, 0.3) is 0 Å². The molecule has 0 spiro atoms. The lowest BCUT2D eigenvalue weighted by Crippen LogP contribution is -2.41. The van der Waals surface area contributed by atoms with Gasteiger partial charge in [-0.2, -0.15) is 0 Å². The molecule has 1 aliphatic heterocycles. The van der Waals surface area contributed by atoms with Crippen molar-refractivity contribution in [3.8, 4) is 0 Å². The highest BCUT2D eigenvalue weighted by molar-refractivity contribution is 14.0. The summed E-state index contributed by atoms with van der Waals surface area (Å²) in [5.41, 5.74) is 1.92. The van der Waals surface area contributed by atoms with Crippen LogP contribution in [0.1, 0.15) is 24.8 Å². The van der Waals surface area contributed by atoms with Crippen molar-refractivity contribution in [1.29, 1.82) is 0 Å². The summed E-state index contributed by atoms with van der Waals surface area (Å²) >= 11 is 1.18. The van der Waals surface area contributed by atoms with Crippen LogP contribution in [0.15, 0.2) is 51.0 Å². The number of para-hydroxylation sites is 1. The second kappa shape index (κ2) is 11.6. The summed E-state index contributed by atoms with van der Waals surface area (Å²) in [4.78, 5) is 16.5. The van der Waals surface area contributed by atoms with Crippen LogP contribution in [-0.2, 0) is 14.8 Å². The SMILES string of the molecule is CCNC(=NCC1CC(=O)Nc2ccccc21)NCCNS(=O)(=O)c1cccs1.I. The molecule has 30 heavy (non-hydrogen) atoms. The maximum Gasteiger partial charge on any atom is 0.250 e. The first kappa shape index (κ1) is 24.6. The summed E-state index contributed by atoms with van der Waals surface area (Å²) in [6, 6.07) is 11.0. The highest BCUT2D eigenvalue weighted by atomic mass is 127. The topological polar surface area (TPSA) is 112 Å². The van der Waals surface area contributed by atoms with Crippen LogP contribution in [0.2, 0.25) is 0 Å². The molecule has 0 aliphatic carbocycles. The molecule has 2 heterocycles. The molecule has 1 atom stereocenters. The molecule has 0 saturated carbocycles. The maximum absolute atomic E-state index is 12.1. The molecular weight excluding hydrogens is 537 g/mol. The molecule has 0 fully saturated rings. The molecule has 0 saturated heterocycles. The van der Waals surface area contributed by atoms with Crippen molar-refractivity contribution in [2.24, 2.45) is 4.99 Å².